The summed E-state index contributed by atoms with van der Waals surface area (Å²) in [6.45, 7) is 5.03. The number of aromatic nitrogens is 2. The van der Waals surface area contributed by atoms with Crippen molar-refractivity contribution in [3.05, 3.63) is 100 Å². The molecule has 5 rings (SSSR count). The summed E-state index contributed by atoms with van der Waals surface area (Å²) in [7, 11) is 0. The fourth-order valence-electron chi connectivity index (χ4n) is 4.40. The Bertz CT molecular complexity index is 1380. The van der Waals surface area contributed by atoms with E-state index < -0.39 is 4.92 Å². The Balaban J connectivity index is 1.44. The summed E-state index contributed by atoms with van der Waals surface area (Å²) in [6, 6.07) is 19.6. The number of carbonyl (C=O) groups excluding carboxylic acids is 1. The van der Waals surface area contributed by atoms with Crippen LogP contribution in [0.1, 0.15) is 21.8 Å². The molecule has 1 amide bonds. The molecule has 1 aliphatic heterocycles. The molecular weight excluding hydrogens is 458 g/mol. The molecule has 1 aliphatic rings. The number of piperazine rings is 1. The minimum atomic E-state index is -0.398. The van der Waals surface area contributed by atoms with Crippen molar-refractivity contribution in [3.63, 3.8) is 0 Å². The topological polar surface area (TPSA) is 106 Å². The highest BCUT2D eigenvalue weighted by molar-refractivity contribution is 5.91. The van der Waals surface area contributed by atoms with Crippen LogP contribution >= 0.6 is 0 Å². The Kier molecular flexibility index (Phi) is 6.55. The van der Waals surface area contributed by atoms with Crippen molar-refractivity contribution < 1.29 is 14.1 Å². The number of nitrogens with zero attached hydrogens (tertiary/aromatic N) is 5. The van der Waals surface area contributed by atoms with Crippen molar-refractivity contribution in [1.29, 1.82) is 0 Å². The minimum Gasteiger partial charge on any atom is -0.459 e. The van der Waals surface area contributed by atoms with E-state index in [0.29, 0.717) is 55.6 Å². The van der Waals surface area contributed by atoms with Gasteiger partial charge in [-0.05, 0) is 19.1 Å². The van der Waals surface area contributed by atoms with Gasteiger partial charge < -0.3 is 9.32 Å². The third-order valence-electron chi connectivity index (χ3n) is 6.35. The fourth-order valence-corrected chi connectivity index (χ4v) is 4.40. The second-order valence-electron chi connectivity index (χ2n) is 8.68. The Morgan fingerprint density at radius 1 is 0.972 bits per heavy atom. The van der Waals surface area contributed by atoms with E-state index in [1.165, 1.54) is 12.3 Å². The normalized spacial score (nSPS) is 14.1. The number of hydrogen-bond donors (Lipinski definition) is 0. The van der Waals surface area contributed by atoms with Crippen molar-refractivity contribution in [1.82, 2.24) is 19.8 Å². The van der Waals surface area contributed by atoms with Gasteiger partial charge in [0.15, 0.2) is 11.6 Å². The second-order valence-corrected chi connectivity index (χ2v) is 8.68. The molecule has 0 unspecified atom stereocenters. The molecule has 4 aromatic rings. The van der Waals surface area contributed by atoms with Crippen LogP contribution in [-0.4, -0.2) is 56.8 Å². The van der Waals surface area contributed by atoms with E-state index in [9.17, 15) is 14.9 Å². The fraction of sp³-hybridized carbons (Fsp3) is 0.222. The lowest BCUT2D eigenvalue weighted by molar-refractivity contribution is -0.384. The highest BCUT2D eigenvalue weighted by atomic mass is 16.6. The average Bonchev–Trinajstić information content (AvgIpc) is 3.45. The Labute approximate surface area is 208 Å². The van der Waals surface area contributed by atoms with Crippen molar-refractivity contribution in [3.8, 4) is 22.6 Å². The maximum atomic E-state index is 12.6. The van der Waals surface area contributed by atoms with Gasteiger partial charge in [-0.1, -0.05) is 42.5 Å². The lowest BCUT2D eigenvalue weighted by Crippen LogP contribution is -2.48. The summed E-state index contributed by atoms with van der Waals surface area (Å²) in [5, 5.41) is 11.4. The zero-order valence-corrected chi connectivity index (χ0v) is 19.8. The molecule has 2 aromatic carbocycles. The van der Waals surface area contributed by atoms with Gasteiger partial charge in [0.25, 0.3) is 11.6 Å². The molecule has 3 heterocycles. The molecule has 9 heteroatoms. The van der Waals surface area contributed by atoms with Crippen LogP contribution < -0.4 is 0 Å². The van der Waals surface area contributed by atoms with Crippen molar-refractivity contribution >= 4 is 11.6 Å². The van der Waals surface area contributed by atoms with Crippen LogP contribution in [0.3, 0.4) is 0 Å². The minimum absolute atomic E-state index is 0.0148. The number of amides is 1. The number of carbonyl (C=O) groups is 1. The smallest absolute Gasteiger partial charge is 0.289 e. The van der Waals surface area contributed by atoms with Crippen LogP contribution in [0.25, 0.3) is 22.6 Å². The van der Waals surface area contributed by atoms with Gasteiger partial charge in [-0.2, -0.15) is 0 Å². The van der Waals surface area contributed by atoms with Crippen molar-refractivity contribution in [2.24, 2.45) is 0 Å². The molecule has 0 radical (unpaired) electrons. The summed E-state index contributed by atoms with van der Waals surface area (Å²) in [5.74, 6) is 0.813. The SMILES string of the molecule is Cc1nc(-c2ccccc2)nc(-c2cccc([N+](=O)[O-])c2)c1CN1CCN(C(=O)c2ccco2)CC1. The van der Waals surface area contributed by atoms with Gasteiger partial charge in [0, 0.05) is 67.2 Å². The molecule has 0 atom stereocenters. The van der Waals surface area contributed by atoms with Crippen LogP contribution in [0.2, 0.25) is 0 Å². The monoisotopic (exact) mass is 483 g/mol. The molecule has 36 heavy (non-hydrogen) atoms. The number of rotatable bonds is 6. The molecule has 0 spiro atoms. The van der Waals surface area contributed by atoms with Gasteiger partial charge in [-0.25, -0.2) is 9.97 Å². The van der Waals surface area contributed by atoms with Crippen LogP contribution in [0.15, 0.2) is 77.4 Å². The lowest BCUT2D eigenvalue weighted by Gasteiger charge is -2.34. The Hall–Kier alpha value is -4.37. The number of hydrogen-bond acceptors (Lipinski definition) is 7. The largest absolute Gasteiger partial charge is 0.459 e. The highest BCUT2D eigenvalue weighted by Gasteiger charge is 2.25. The summed E-state index contributed by atoms with van der Waals surface area (Å²) in [4.78, 5) is 37.4. The van der Waals surface area contributed by atoms with Crippen LogP contribution in [0, 0.1) is 17.0 Å². The van der Waals surface area contributed by atoms with E-state index in [4.69, 9.17) is 14.4 Å². The van der Waals surface area contributed by atoms with Gasteiger partial charge in [0.05, 0.1) is 16.9 Å². The quantitative estimate of drug-likeness (QED) is 0.292. The maximum Gasteiger partial charge on any atom is 0.289 e. The van der Waals surface area contributed by atoms with Gasteiger partial charge >= 0.3 is 0 Å². The molecule has 1 fully saturated rings. The molecule has 1 saturated heterocycles. The summed E-state index contributed by atoms with van der Waals surface area (Å²) in [6.07, 6.45) is 1.50. The van der Waals surface area contributed by atoms with Crippen molar-refractivity contribution in [2.75, 3.05) is 26.2 Å². The van der Waals surface area contributed by atoms with E-state index in [2.05, 4.69) is 4.90 Å². The molecule has 0 saturated carbocycles. The first-order valence-corrected chi connectivity index (χ1v) is 11.7. The Morgan fingerprint density at radius 3 is 2.42 bits per heavy atom. The zero-order valence-electron chi connectivity index (χ0n) is 19.8. The first kappa shape index (κ1) is 23.4. The summed E-state index contributed by atoms with van der Waals surface area (Å²) < 4.78 is 5.26. The number of non-ortho nitro benzene ring substituents is 1. The predicted octanol–water partition coefficient (Wildman–Crippen LogP) is 4.58. The number of furan rings is 1. The van der Waals surface area contributed by atoms with Crippen LogP contribution in [-0.2, 0) is 6.54 Å². The first-order chi connectivity index (χ1) is 17.5. The van der Waals surface area contributed by atoms with E-state index in [1.54, 1.807) is 29.2 Å². The third-order valence-corrected chi connectivity index (χ3v) is 6.35. The molecule has 0 aliphatic carbocycles. The van der Waals surface area contributed by atoms with Gasteiger partial charge in [0.2, 0.25) is 0 Å². The molecule has 182 valence electrons. The van der Waals surface area contributed by atoms with Crippen LogP contribution in [0.5, 0.6) is 0 Å². The number of aryl methyl sites for hydroxylation is 1. The van der Waals surface area contributed by atoms with Gasteiger partial charge in [-0.15, -0.1) is 0 Å². The average molecular weight is 484 g/mol. The van der Waals surface area contributed by atoms with E-state index >= 15 is 0 Å². The summed E-state index contributed by atoms with van der Waals surface area (Å²) in [5.41, 5.74) is 3.98. The van der Waals surface area contributed by atoms with Gasteiger partial charge in [0.1, 0.15) is 0 Å². The Morgan fingerprint density at radius 2 is 1.72 bits per heavy atom. The zero-order chi connectivity index (χ0) is 25.1. The first-order valence-electron chi connectivity index (χ1n) is 11.7. The second kappa shape index (κ2) is 10.1. The molecule has 2 aromatic heterocycles. The summed E-state index contributed by atoms with van der Waals surface area (Å²) >= 11 is 0. The molecule has 0 bridgehead atoms. The molecular formula is C27H25N5O4. The maximum absolute atomic E-state index is 12.6. The molecule has 9 nitrogen and oxygen atoms in total. The predicted molar refractivity (Wildman–Crippen MR) is 134 cm³/mol. The highest BCUT2D eigenvalue weighted by Crippen LogP contribution is 2.30. The standard InChI is InChI=1S/C27H25N5O4/c1-19-23(18-30-12-14-31(15-13-30)27(33)24-11-6-16-36-24)25(21-9-5-10-22(17-21)32(34)35)29-26(28-19)20-7-3-2-4-8-20/h2-11,16-17H,12-15,18H2,1H3. The van der Waals surface area contributed by atoms with Gasteiger partial charge in [-0.3, -0.25) is 19.8 Å². The van der Waals surface area contributed by atoms with E-state index in [1.807, 2.05) is 43.3 Å². The number of benzene rings is 2. The van der Waals surface area contributed by atoms with Crippen molar-refractivity contribution in [2.45, 2.75) is 13.5 Å². The third kappa shape index (κ3) is 4.87. The molecule has 0 N–H and O–H groups in total. The van der Waals surface area contributed by atoms with Crippen LogP contribution in [0.4, 0.5) is 5.69 Å². The number of nitro benzene ring substituents is 1. The van der Waals surface area contributed by atoms with E-state index in [-0.39, 0.29) is 11.6 Å². The van der Waals surface area contributed by atoms with E-state index in [0.717, 1.165) is 16.8 Å². The lowest BCUT2D eigenvalue weighted by atomic mass is 10.0. The number of nitro groups is 1.